The van der Waals surface area contributed by atoms with Crippen LogP contribution in [0.4, 0.5) is 18.9 Å². The summed E-state index contributed by atoms with van der Waals surface area (Å²) in [4.78, 5) is 1.95. The number of benzene rings is 1. The molecular weight excluding hydrogens is 337 g/mol. The van der Waals surface area contributed by atoms with Crippen LogP contribution in [-0.4, -0.2) is 20.1 Å². The molecule has 1 aliphatic heterocycles. The van der Waals surface area contributed by atoms with Gasteiger partial charge in [-0.05, 0) is 88.0 Å². The van der Waals surface area contributed by atoms with Crippen LogP contribution in [-0.2, 0) is 6.18 Å². The van der Waals surface area contributed by atoms with Crippen LogP contribution in [0.25, 0.3) is 0 Å². The highest BCUT2D eigenvalue weighted by atomic mass is 19.4. The number of anilines is 1. The predicted molar refractivity (Wildman–Crippen MR) is 102 cm³/mol. The van der Waals surface area contributed by atoms with Crippen LogP contribution in [0, 0.1) is 5.92 Å². The average Bonchev–Trinajstić information content (AvgIpc) is 2.64. The van der Waals surface area contributed by atoms with Gasteiger partial charge < -0.3 is 10.2 Å². The number of halogens is 3. The summed E-state index contributed by atoms with van der Waals surface area (Å²) in [6.45, 7) is 8.43. The van der Waals surface area contributed by atoms with Crippen molar-refractivity contribution in [2.75, 3.05) is 25.0 Å². The molecule has 144 valence electrons. The van der Waals surface area contributed by atoms with E-state index in [9.17, 15) is 13.2 Å². The smallest absolute Gasteiger partial charge is 0.348 e. The second-order valence-corrected chi connectivity index (χ2v) is 7.00. The molecular formula is C21H29F3N2. The van der Waals surface area contributed by atoms with E-state index >= 15 is 0 Å². The Kier molecular flexibility index (Phi) is 6.93. The molecule has 0 spiro atoms. The first-order chi connectivity index (χ1) is 12.2. The second kappa shape index (κ2) is 8.76. The van der Waals surface area contributed by atoms with Gasteiger partial charge >= 0.3 is 6.18 Å². The number of piperidine rings is 1. The van der Waals surface area contributed by atoms with Gasteiger partial charge in [0, 0.05) is 18.4 Å². The molecule has 0 saturated carbocycles. The van der Waals surface area contributed by atoms with E-state index in [0.29, 0.717) is 5.92 Å². The first-order valence-electron chi connectivity index (χ1n) is 9.23. The minimum atomic E-state index is -4.30. The molecule has 1 saturated heterocycles. The molecule has 1 N–H and O–H groups in total. The van der Waals surface area contributed by atoms with Gasteiger partial charge in [-0.15, -0.1) is 0 Å². The summed E-state index contributed by atoms with van der Waals surface area (Å²) in [7, 11) is 1.90. The Morgan fingerprint density at radius 3 is 2.23 bits per heavy atom. The Balaban J connectivity index is 2.24. The summed E-state index contributed by atoms with van der Waals surface area (Å²) in [5.74, 6) is 0.548. The first kappa shape index (κ1) is 20.6. The lowest BCUT2D eigenvalue weighted by Crippen LogP contribution is -2.29. The Morgan fingerprint density at radius 2 is 1.73 bits per heavy atom. The maximum atomic E-state index is 12.7. The van der Waals surface area contributed by atoms with Gasteiger partial charge in [-0.1, -0.05) is 12.5 Å². The minimum Gasteiger partial charge on any atom is -0.348 e. The third-order valence-corrected chi connectivity index (χ3v) is 5.28. The Labute approximate surface area is 154 Å². The molecule has 0 atom stereocenters. The van der Waals surface area contributed by atoms with Gasteiger partial charge in [0.2, 0.25) is 0 Å². The Hall–Kier alpha value is -1.75. The third-order valence-electron chi connectivity index (χ3n) is 5.28. The van der Waals surface area contributed by atoms with Crippen molar-refractivity contribution in [3.05, 3.63) is 52.7 Å². The number of hydrogen-bond donors (Lipinski definition) is 1. The van der Waals surface area contributed by atoms with Crippen molar-refractivity contribution in [3.63, 3.8) is 0 Å². The summed E-state index contributed by atoms with van der Waals surface area (Å²) in [6.07, 6.45) is 1.17. The zero-order valence-corrected chi connectivity index (χ0v) is 16.1. The highest BCUT2D eigenvalue weighted by Gasteiger charge is 2.30. The lowest BCUT2D eigenvalue weighted by Gasteiger charge is -2.27. The van der Waals surface area contributed by atoms with E-state index in [1.165, 1.54) is 23.3 Å². The third kappa shape index (κ3) is 5.13. The molecule has 1 aliphatic rings. The van der Waals surface area contributed by atoms with Gasteiger partial charge in [0.15, 0.2) is 0 Å². The van der Waals surface area contributed by atoms with Crippen molar-refractivity contribution in [1.82, 2.24) is 5.32 Å². The highest BCUT2D eigenvalue weighted by molar-refractivity contribution is 5.53. The SMILES string of the molecule is CC/C(C)=C(/C=C(/C)N(C)c1ccc(C(F)(F)F)cc1)C1CCNCC1. The largest absolute Gasteiger partial charge is 0.416 e. The van der Waals surface area contributed by atoms with Gasteiger partial charge in [-0.2, -0.15) is 13.2 Å². The summed E-state index contributed by atoms with van der Waals surface area (Å²) in [5, 5.41) is 3.40. The lowest BCUT2D eigenvalue weighted by molar-refractivity contribution is -0.137. The topological polar surface area (TPSA) is 15.3 Å². The quantitative estimate of drug-likeness (QED) is 0.665. The summed E-state index contributed by atoms with van der Waals surface area (Å²) >= 11 is 0. The van der Waals surface area contributed by atoms with Crippen molar-refractivity contribution in [3.8, 4) is 0 Å². The molecule has 0 unspecified atom stereocenters. The summed E-state index contributed by atoms with van der Waals surface area (Å²) in [6, 6.07) is 5.33. The first-order valence-corrected chi connectivity index (χ1v) is 9.23. The summed E-state index contributed by atoms with van der Waals surface area (Å²) < 4.78 is 38.2. The Morgan fingerprint density at radius 1 is 1.15 bits per heavy atom. The van der Waals surface area contributed by atoms with E-state index in [2.05, 4.69) is 25.2 Å². The van der Waals surface area contributed by atoms with E-state index < -0.39 is 11.7 Å². The zero-order chi connectivity index (χ0) is 19.3. The predicted octanol–water partition coefficient (Wildman–Crippen LogP) is 5.77. The van der Waals surface area contributed by atoms with E-state index in [4.69, 9.17) is 0 Å². The molecule has 1 aromatic carbocycles. The van der Waals surface area contributed by atoms with Crippen LogP contribution in [0.5, 0.6) is 0 Å². The van der Waals surface area contributed by atoms with Crippen LogP contribution < -0.4 is 10.2 Å². The monoisotopic (exact) mass is 366 g/mol. The van der Waals surface area contributed by atoms with Crippen molar-refractivity contribution in [2.45, 2.75) is 46.2 Å². The second-order valence-electron chi connectivity index (χ2n) is 7.00. The molecule has 2 rings (SSSR count). The zero-order valence-electron chi connectivity index (χ0n) is 16.1. The molecule has 0 aliphatic carbocycles. The average molecular weight is 366 g/mol. The van der Waals surface area contributed by atoms with E-state index in [-0.39, 0.29) is 0 Å². The number of allylic oxidation sites excluding steroid dienone is 4. The fourth-order valence-corrected chi connectivity index (χ4v) is 3.33. The maximum absolute atomic E-state index is 12.7. The molecule has 1 aromatic rings. The number of nitrogens with zero attached hydrogens (tertiary/aromatic N) is 1. The molecule has 0 amide bonds. The van der Waals surface area contributed by atoms with Gasteiger partial charge in [-0.25, -0.2) is 0 Å². The van der Waals surface area contributed by atoms with Gasteiger partial charge in [0.25, 0.3) is 0 Å². The van der Waals surface area contributed by atoms with Crippen LogP contribution in [0.2, 0.25) is 0 Å². The Bertz CT molecular complexity index is 651. The highest BCUT2D eigenvalue weighted by Crippen LogP contribution is 2.32. The standard InChI is InChI=1S/C21H29F3N2/c1-5-15(2)20(17-10-12-25-13-11-17)14-16(3)26(4)19-8-6-18(7-9-19)21(22,23)24/h6-9,14,17,25H,5,10-13H2,1-4H3/b16-14-,20-15-. The van der Waals surface area contributed by atoms with E-state index in [0.717, 1.165) is 55.9 Å². The molecule has 0 aromatic heterocycles. The van der Waals surface area contributed by atoms with Crippen molar-refractivity contribution < 1.29 is 13.2 Å². The normalized spacial score (nSPS) is 17.9. The number of alkyl halides is 3. The molecule has 1 heterocycles. The van der Waals surface area contributed by atoms with Gasteiger partial charge in [0.05, 0.1) is 5.56 Å². The van der Waals surface area contributed by atoms with Gasteiger partial charge in [0.1, 0.15) is 0 Å². The number of nitrogens with one attached hydrogen (secondary N) is 1. The minimum absolute atomic E-state index is 0.548. The fraction of sp³-hybridized carbons (Fsp3) is 0.524. The van der Waals surface area contributed by atoms with Crippen LogP contribution in [0.15, 0.2) is 47.2 Å². The number of hydrogen-bond acceptors (Lipinski definition) is 2. The molecule has 1 fully saturated rings. The van der Waals surface area contributed by atoms with Crippen molar-refractivity contribution >= 4 is 5.69 Å². The summed E-state index contributed by atoms with van der Waals surface area (Å²) in [5.41, 5.74) is 3.94. The van der Waals surface area contributed by atoms with Crippen LogP contribution in [0.3, 0.4) is 0 Å². The van der Waals surface area contributed by atoms with E-state index in [1.807, 2.05) is 18.9 Å². The van der Waals surface area contributed by atoms with Crippen molar-refractivity contribution in [2.24, 2.45) is 5.92 Å². The number of rotatable bonds is 5. The molecule has 0 radical (unpaired) electrons. The van der Waals surface area contributed by atoms with Crippen LogP contribution in [0.1, 0.15) is 45.6 Å². The fourth-order valence-electron chi connectivity index (χ4n) is 3.33. The molecule has 0 bridgehead atoms. The molecule has 5 heteroatoms. The lowest BCUT2D eigenvalue weighted by atomic mass is 9.86. The molecule has 26 heavy (non-hydrogen) atoms. The maximum Gasteiger partial charge on any atom is 0.416 e. The van der Waals surface area contributed by atoms with Crippen LogP contribution >= 0.6 is 0 Å². The van der Waals surface area contributed by atoms with Gasteiger partial charge in [-0.3, -0.25) is 0 Å². The van der Waals surface area contributed by atoms with E-state index in [1.54, 1.807) is 0 Å². The van der Waals surface area contributed by atoms with Crippen molar-refractivity contribution in [1.29, 1.82) is 0 Å². The molecule has 2 nitrogen and oxygen atoms in total.